The minimum Gasteiger partial charge on any atom is -0.393 e. The van der Waals surface area contributed by atoms with Crippen molar-refractivity contribution in [3.8, 4) is 0 Å². The van der Waals surface area contributed by atoms with Crippen LogP contribution in [-0.2, 0) is 0 Å². The van der Waals surface area contributed by atoms with Crippen molar-refractivity contribution in [3.05, 3.63) is 34.1 Å². The van der Waals surface area contributed by atoms with Gasteiger partial charge in [0.1, 0.15) is 5.82 Å². The van der Waals surface area contributed by atoms with E-state index in [0.717, 1.165) is 0 Å². The maximum atomic E-state index is 13.4. The summed E-state index contributed by atoms with van der Waals surface area (Å²) < 4.78 is 14.0. The summed E-state index contributed by atoms with van der Waals surface area (Å²) in [6.07, 6.45) is 0. The van der Waals surface area contributed by atoms with Crippen molar-refractivity contribution < 1.29 is 9.18 Å². The molecule has 0 heterocycles. The lowest BCUT2D eigenvalue weighted by atomic mass is 10.1. The molecule has 17 heavy (non-hydrogen) atoms. The first-order valence-corrected chi connectivity index (χ1v) is 6.14. The van der Waals surface area contributed by atoms with Crippen molar-refractivity contribution in [1.82, 2.24) is 5.32 Å². The maximum Gasteiger partial charge on any atom is 0.254 e. The molecular formula is C11H12BrFN2OS. The van der Waals surface area contributed by atoms with Crippen LogP contribution in [0.15, 0.2) is 22.7 Å². The summed E-state index contributed by atoms with van der Waals surface area (Å²) in [4.78, 5) is 12.0. The number of nitrogens with two attached hydrogens (primary N) is 1. The van der Waals surface area contributed by atoms with Gasteiger partial charge >= 0.3 is 0 Å². The molecule has 6 heteroatoms. The average molecular weight is 319 g/mol. The number of hydrogen-bond acceptors (Lipinski definition) is 2. The summed E-state index contributed by atoms with van der Waals surface area (Å²) in [7, 11) is 0. The predicted molar refractivity (Wildman–Crippen MR) is 72.4 cm³/mol. The van der Waals surface area contributed by atoms with E-state index in [4.69, 9.17) is 18.0 Å². The number of thiocarbonyl (C=S) groups is 1. The summed E-state index contributed by atoms with van der Waals surface area (Å²) in [5, 5.41) is 2.58. The van der Waals surface area contributed by atoms with E-state index in [9.17, 15) is 9.18 Å². The van der Waals surface area contributed by atoms with Crippen LogP contribution in [0.2, 0.25) is 0 Å². The third-order valence-electron chi connectivity index (χ3n) is 2.23. The van der Waals surface area contributed by atoms with Crippen LogP contribution in [-0.4, -0.2) is 17.4 Å². The molecule has 0 aromatic heterocycles. The van der Waals surface area contributed by atoms with Gasteiger partial charge in [-0.2, -0.15) is 0 Å². The van der Waals surface area contributed by atoms with E-state index < -0.39 is 11.7 Å². The molecule has 0 aliphatic rings. The molecule has 0 fully saturated rings. The van der Waals surface area contributed by atoms with Crippen molar-refractivity contribution in [2.24, 2.45) is 11.7 Å². The number of benzene rings is 1. The highest BCUT2D eigenvalue weighted by molar-refractivity contribution is 9.10. The van der Waals surface area contributed by atoms with Crippen LogP contribution in [0.25, 0.3) is 0 Å². The molecule has 0 saturated carbocycles. The Morgan fingerprint density at radius 1 is 1.65 bits per heavy atom. The van der Waals surface area contributed by atoms with Crippen molar-refractivity contribution in [3.63, 3.8) is 0 Å². The van der Waals surface area contributed by atoms with Gasteiger partial charge in [-0.15, -0.1) is 0 Å². The first-order valence-electron chi connectivity index (χ1n) is 4.94. The van der Waals surface area contributed by atoms with Gasteiger partial charge in [-0.3, -0.25) is 4.79 Å². The van der Waals surface area contributed by atoms with Crippen LogP contribution in [0, 0.1) is 11.7 Å². The molecule has 0 saturated heterocycles. The van der Waals surface area contributed by atoms with Gasteiger partial charge in [-0.25, -0.2) is 4.39 Å². The second-order valence-corrected chi connectivity index (χ2v) is 5.02. The third-order valence-corrected chi connectivity index (χ3v) is 3.13. The summed E-state index contributed by atoms with van der Waals surface area (Å²) in [5.41, 5.74) is 5.41. The number of hydrogen-bond donors (Lipinski definition) is 2. The second kappa shape index (κ2) is 6.07. The van der Waals surface area contributed by atoms with Crippen LogP contribution < -0.4 is 11.1 Å². The molecular weight excluding hydrogens is 307 g/mol. The predicted octanol–water partition coefficient (Wildman–Crippen LogP) is 2.24. The molecule has 1 rings (SSSR count). The van der Waals surface area contributed by atoms with E-state index in [-0.39, 0.29) is 11.5 Å². The molecule has 0 bridgehead atoms. The number of rotatable bonds is 4. The SMILES string of the molecule is CC(CNC(=O)c1ccc(Br)cc1F)C(N)=S. The van der Waals surface area contributed by atoms with Gasteiger partial charge in [-0.1, -0.05) is 35.1 Å². The first-order chi connectivity index (χ1) is 7.91. The zero-order valence-electron chi connectivity index (χ0n) is 9.17. The lowest BCUT2D eigenvalue weighted by Gasteiger charge is -2.11. The summed E-state index contributed by atoms with van der Waals surface area (Å²) in [6, 6.07) is 4.26. The molecule has 1 atom stereocenters. The van der Waals surface area contributed by atoms with Crippen molar-refractivity contribution in [2.45, 2.75) is 6.92 Å². The standard InChI is InChI=1S/C11H12BrFN2OS/c1-6(10(14)17)5-15-11(16)8-3-2-7(12)4-9(8)13/h2-4,6H,5H2,1H3,(H2,14,17)(H,15,16). The zero-order valence-corrected chi connectivity index (χ0v) is 11.6. The fourth-order valence-corrected chi connectivity index (χ4v) is 1.53. The monoisotopic (exact) mass is 318 g/mol. The lowest BCUT2D eigenvalue weighted by molar-refractivity contribution is 0.0947. The van der Waals surface area contributed by atoms with Gasteiger partial charge in [0.2, 0.25) is 0 Å². The Hall–Kier alpha value is -1.01. The van der Waals surface area contributed by atoms with E-state index in [2.05, 4.69) is 21.2 Å². The molecule has 1 aromatic rings. The number of nitrogens with one attached hydrogen (secondary N) is 1. The molecule has 0 spiro atoms. The van der Waals surface area contributed by atoms with Crippen molar-refractivity contribution in [1.29, 1.82) is 0 Å². The molecule has 92 valence electrons. The number of carbonyl (C=O) groups is 1. The number of amides is 1. The molecule has 0 aliphatic carbocycles. The van der Waals surface area contributed by atoms with Crippen LogP contribution in [0.1, 0.15) is 17.3 Å². The highest BCUT2D eigenvalue weighted by Crippen LogP contribution is 2.15. The Kier molecular flexibility index (Phi) is 5.02. The van der Waals surface area contributed by atoms with E-state index in [1.807, 2.05) is 0 Å². The Morgan fingerprint density at radius 2 is 2.29 bits per heavy atom. The van der Waals surface area contributed by atoms with E-state index in [0.29, 0.717) is 16.0 Å². The number of carbonyl (C=O) groups excluding carboxylic acids is 1. The molecule has 3 nitrogen and oxygen atoms in total. The average Bonchev–Trinajstić information content (AvgIpc) is 2.25. The molecule has 3 N–H and O–H groups in total. The maximum absolute atomic E-state index is 13.4. The first kappa shape index (κ1) is 14.1. The summed E-state index contributed by atoms with van der Waals surface area (Å²) in [5.74, 6) is -1.16. The fraction of sp³-hybridized carbons (Fsp3) is 0.273. The van der Waals surface area contributed by atoms with Crippen LogP contribution in [0.3, 0.4) is 0 Å². The highest BCUT2D eigenvalue weighted by atomic mass is 79.9. The largest absolute Gasteiger partial charge is 0.393 e. The summed E-state index contributed by atoms with van der Waals surface area (Å²) in [6.45, 7) is 2.09. The van der Waals surface area contributed by atoms with Gasteiger partial charge in [-0.05, 0) is 18.2 Å². The van der Waals surface area contributed by atoms with Gasteiger partial charge < -0.3 is 11.1 Å². The van der Waals surface area contributed by atoms with Crippen molar-refractivity contribution in [2.75, 3.05) is 6.54 Å². The zero-order chi connectivity index (χ0) is 13.0. The Balaban J connectivity index is 2.67. The van der Waals surface area contributed by atoms with Gasteiger partial charge in [0.05, 0.1) is 10.6 Å². The third kappa shape index (κ3) is 4.05. The summed E-state index contributed by atoms with van der Waals surface area (Å²) >= 11 is 7.90. The number of halogens is 2. The molecule has 0 aliphatic heterocycles. The highest BCUT2D eigenvalue weighted by Gasteiger charge is 2.13. The van der Waals surface area contributed by atoms with Crippen LogP contribution in [0.4, 0.5) is 4.39 Å². The van der Waals surface area contributed by atoms with Gasteiger partial charge in [0.25, 0.3) is 5.91 Å². The van der Waals surface area contributed by atoms with E-state index >= 15 is 0 Å². The quantitative estimate of drug-likeness (QED) is 0.837. The Morgan fingerprint density at radius 3 is 2.82 bits per heavy atom. The minimum absolute atomic E-state index is 0.00309. The molecule has 1 unspecified atom stereocenters. The van der Waals surface area contributed by atoms with Gasteiger partial charge in [0.15, 0.2) is 0 Å². The van der Waals surface area contributed by atoms with Gasteiger partial charge in [0, 0.05) is 16.9 Å². The minimum atomic E-state index is -0.570. The normalized spacial score (nSPS) is 11.9. The van der Waals surface area contributed by atoms with Crippen LogP contribution in [0.5, 0.6) is 0 Å². The molecule has 0 radical (unpaired) electrons. The smallest absolute Gasteiger partial charge is 0.254 e. The fourth-order valence-electron chi connectivity index (χ4n) is 1.12. The van der Waals surface area contributed by atoms with E-state index in [1.54, 1.807) is 13.0 Å². The lowest BCUT2D eigenvalue weighted by Crippen LogP contribution is -2.34. The second-order valence-electron chi connectivity index (χ2n) is 3.64. The Labute approximate surface area is 113 Å². The van der Waals surface area contributed by atoms with E-state index in [1.165, 1.54) is 12.1 Å². The Bertz CT molecular complexity index is 453. The van der Waals surface area contributed by atoms with Crippen molar-refractivity contribution >= 4 is 39.0 Å². The topological polar surface area (TPSA) is 55.1 Å². The molecule has 1 amide bonds. The van der Waals surface area contributed by atoms with Crippen LogP contribution >= 0.6 is 28.1 Å². The molecule has 1 aromatic carbocycles.